The summed E-state index contributed by atoms with van der Waals surface area (Å²) < 4.78 is 23.4. The Morgan fingerprint density at radius 2 is 1.90 bits per heavy atom. The number of methoxy groups -OCH3 is 1. The van der Waals surface area contributed by atoms with Gasteiger partial charge in [-0.25, -0.2) is 0 Å². The summed E-state index contributed by atoms with van der Waals surface area (Å²) in [5.41, 5.74) is 4.96. The quantitative estimate of drug-likeness (QED) is 0.0837. The van der Waals surface area contributed by atoms with Crippen LogP contribution < -0.4 is 5.73 Å². The number of allylic oxidation sites excluding steroid dienone is 2. The molecular formula is C40H61ClN2O9. The van der Waals surface area contributed by atoms with E-state index in [4.69, 9.17) is 36.3 Å². The number of esters is 2. The lowest BCUT2D eigenvalue weighted by Crippen LogP contribution is -2.55. The first-order chi connectivity index (χ1) is 24.4. The second-order valence-corrected chi connectivity index (χ2v) is 15.3. The van der Waals surface area contributed by atoms with E-state index in [9.17, 15) is 24.9 Å². The number of carbonyl (C=O) groups is 2. The minimum atomic E-state index is -1.47. The number of rotatable bonds is 15. The van der Waals surface area contributed by atoms with E-state index >= 15 is 0 Å². The van der Waals surface area contributed by atoms with Gasteiger partial charge in [-0.15, -0.1) is 0 Å². The van der Waals surface area contributed by atoms with Crippen LogP contribution in [0.3, 0.4) is 0 Å². The standard InChI is InChI=1S/C40H61ClN2O9/c1-9-32(49-8)27(4)36-37(52-36)38(43(22-21-42)24-29-13-15-30(41)16-14-29)40(7,48)19-10-11-25(2)35-26(3)12-17-33(50-28(5)44)39(6,47)20-18-31(45)23-34(46)51-35/h10-17,19,26-27,31-33,35-38,45,47-48H,9,18,20-24,42H2,1-8H3/b17-12+,19-10+,25-11+/t26-,27+,31+,32-,33-,35?,36+,37-,38?,39+,40?/m0/s1. The van der Waals surface area contributed by atoms with Crippen molar-refractivity contribution in [2.45, 2.75) is 135 Å². The molecule has 0 radical (unpaired) electrons. The molecule has 0 aromatic heterocycles. The molecule has 11 atom stereocenters. The molecule has 1 aromatic rings. The first kappa shape index (κ1) is 43.8. The number of ether oxygens (including phenoxy) is 4. The molecule has 0 amide bonds. The van der Waals surface area contributed by atoms with Crippen molar-refractivity contribution in [1.82, 2.24) is 4.90 Å². The maximum atomic E-state index is 13.0. The normalized spacial score (nSPS) is 31.1. The summed E-state index contributed by atoms with van der Waals surface area (Å²) in [5.74, 6) is -1.44. The second-order valence-electron chi connectivity index (χ2n) is 14.9. The largest absolute Gasteiger partial charge is 0.457 e. The van der Waals surface area contributed by atoms with E-state index in [2.05, 4.69) is 18.7 Å². The molecule has 3 rings (SSSR count). The number of benzene rings is 1. The van der Waals surface area contributed by atoms with Gasteiger partial charge in [0.05, 0.1) is 36.4 Å². The molecule has 11 nitrogen and oxygen atoms in total. The molecule has 2 aliphatic heterocycles. The first-order valence-corrected chi connectivity index (χ1v) is 18.7. The molecule has 0 spiro atoms. The Bertz CT molecular complexity index is 1390. The number of cyclic esters (lactones) is 1. The zero-order valence-electron chi connectivity index (χ0n) is 32.0. The summed E-state index contributed by atoms with van der Waals surface area (Å²) in [5, 5.41) is 34.6. The Labute approximate surface area is 314 Å². The molecule has 1 saturated heterocycles. The van der Waals surface area contributed by atoms with Crippen molar-refractivity contribution in [2.24, 2.45) is 17.6 Å². The Morgan fingerprint density at radius 1 is 1.23 bits per heavy atom. The van der Waals surface area contributed by atoms with Crippen LogP contribution in [0.5, 0.6) is 0 Å². The van der Waals surface area contributed by atoms with E-state index in [-0.39, 0.29) is 43.5 Å². The van der Waals surface area contributed by atoms with Gasteiger partial charge in [-0.3, -0.25) is 14.5 Å². The van der Waals surface area contributed by atoms with Crippen LogP contribution in [0.1, 0.15) is 79.7 Å². The van der Waals surface area contributed by atoms with Crippen LogP contribution >= 0.6 is 11.6 Å². The van der Waals surface area contributed by atoms with Crippen LogP contribution in [0.25, 0.3) is 0 Å². The van der Waals surface area contributed by atoms with Gasteiger partial charge in [0, 0.05) is 50.5 Å². The number of epoxide rings is 1. The molecule has 292 valence electrons. The molecule has 0 bridgehead atoms. The van der Waals surface area contributed by atoms with E-state index in [0.717, 1.165) is 12.0 Å². The van der Waals surface area contributed by atoms with E-state index in [1.165, 1.54) is 6.92 Å². The third-order valence-corrected chi connectivity index (χ3v) is 10.5. The maximum Gasteiger partial charge on any atom is 0.309 e. The van der Waals surface area contributed by atoms with Crippen LogP contribution in [0.4, 0.5) is 0 Å². The van der Waals surface area contributed by atoms with Crippen molar-refractivity contribution in [3.8, 4) is 0 Å². The maximum absolute atomic E-state index is 13.0. The third kappa shape index (κ3) is 12.5. The topological polar surface area (TPSA) is 164 Å². The summed E-state index contributed by atoms with van der Waals surface area (Å²) in [4.78, 5) is 27.0. The minimum absolute atomic E-state index is 0.00202. The highest BCUT2D eigenvalue weighted by molar-refractivity contribution is 6.30. The fourth-order valence-corrected chi connectivity index (χ4v) is 7.34. The number of hydrogen-bond donors (Lipinski definition) is 4. The Morgan fingerprint density at radius 3 is 2.50 bits per heavy atom. The van der Waals surface area contributed by atoms with Gasteiger partial charge in [0.15, 0.2) is 0 Å². The van der Waals surface area contributed by atoms with E-state index in [1.807, 2.05) is 38.1 Å². The fourth-order valence-electron chi connectivity index (χ4n) is 7.21. The van der Waals surface area contributed by atoms with Gasteiger partial charge in [-0.2, -0.15) is 0 Å². The predicted octanol–water partition coefficient (Wildman–Crippen LogP) is 4.88. The van der Waals surface area contributed by atoms with Crippen molar-refractivity contribution in [2.75, 3.05) is 20.2 Å². The molecule has 3 unspecified atom stereocenters. The average Bonchev–Trinajstić information content (AvgIpc) is 3.85. The highest BCUT2D eigenvalue weighted by atomic mass is 35.5. The van der Waals surface area contributed by atoms with Crippen LogP contribution in [0.2, 0.25) is 5.02 Å². The van der Waals surface area contributed by atoms with E-state index in [1.54, 1.807) is 51.3 Å². The number of halogens is 1. The summed E-state index contributed by atoms with van der Waals surface area (Å²) in [6.45, 7) is 13.8. The molecule has 1 fully saturated rings. The van der Waals surface area contributed by atoms with Gasteiger partial charge in [-0.05, 0) is 69.4 Å². The third-order valence-electron chi connectivity index (χ3n) is 10.2. The van der Waals surface area contributed by atoms with Crippen molar-refractivity contribution in [3.05, 3.63) is 70.8 Å². The van der Waals surface area contributed by atoms with Crippen LogP contribution in [0.15, 0.2) is 60.2 Å². The Hall–Kier alpha value is -2.61. The first-order valence-electron chi connectivity index (χ1n) is 18.3. The highest BCUT2D eigenvalue weighted by Crippen LogP contribution is 2.41. The van der Waals surface area contributed by atoms with E-state index < -0.39 is 53.4 Å². The lowest BCUT2D eigenvalue weighted by Gasteiger charge is -2.39. The van der Waals surface area contributed by atoms with Crippen molar-refractivity contribution < 1.29 is 43.9 Å². The molecule has 0 saturated carbocycles. The number of nitrogens with zero attached hydrogens (tertiary/aromatic N) is 1. The molecule has 5 N–H and O–H groups in total. The number of nitrogens with two attached hydrogens (primary N) is 1. The lowest BCUT2D eigenvalue weighted by atomic mass is 9.85. The van der Waals surface area contributed by atoms with Gasteiger partial charge in [0.1, 0.15) is 23.9 Å². The SMILES string of the molecule is CC[C@H](OC)[C@@H](C)[C@H]1O[C@@H]1C(N(CCN)Cc1ccc(Cl)cc1)C(C)(O)/C=C/C=C(\C)C1OC(=O)C[C@H](O)CC[C@@](C)(O)[C@@H](OC(C)=O)/C=C/[C@@H]1C. The summed E-state index contributed by atoms with van der Waals surface area (Å²) in [7, 11) is 1.70. The van der Waals surface area contributed by atoms with Crippen molar-refractivity contribution in [3.63, 3.8) is 0 Å². The van der Waals surface area contributed by atoms with Crippen LogP contribution in [-0.2, 0) is 35.1 Å². The number of aliphatic hydroxyl groups is 3. The molecule has 2 heterocycles. The molecule has 2 aliphatic rings. The molecule has 1 aromatic carbocycles. The molecule has 12 heteroatoms. The average molecular weight is 749 g/mol. The zero-order valence-corrected chi connectivity index (χ0v) is 32.8. The zero-order chi connectivity index (χ0) is 38.8. The number of hydrogen-bond acceptors (Lipinski definition) is 11. The van der Waals surface area contributed by atoms with Crippen molar-refractivity contribution >= 4 is 23.5 Å². The predicted molar refractivity (Wildman–Crippen MR) is 201 cm³/mol. The molecular weight excluding hydrogens is 688 g/mol. The summed E-state index contributed by atoms with van der Waals surface area (Å²) >= 11 is 6.17. The summed E-state index contributed by atoms with van der Waals surface area (Å²) in [6, 6.07) is 7.12. The molecule has 52 heavy (non-hydrogen) atoms. The number of carbonyl (C=O) groups excluding carboxylic acids is 2. The van der Waals surface area contributed by atoms with Crippen molar-refractivity contribution in [1.29, 1.82) is 0 Å². The van der Waals surface area contributed by atoms with Gasteiger partial charge in [-0.1, -0.05) is 68.8 Å². The molecule has 0 aliphatic carbocycles. The van der Waals surface area contributed by atoms with Gasteiger partial charge in [0.25, 0.3) is 0 Å². The van der Waals surface area contributed by atoms with Gasteiger partial charge < -0.3 is 40.0 Å². The lowest BCUT2D eigenvalue weighted by molar-refractivity contribution is -0.157. The Balaban J connectivity index is 1.96. The van der Waals surface area contributed by atoms with Gasteiger partial charge >= 0.3 is 11.9 Å². The van der Waals surface area contributed by atoms with Crippen LogP contribution in [0, 0.1) is 11.8 Å². The highest BCUT2D eigenvalue weighted by Gasteiger charge is 2.56. The Kier molecular flexibility index (Phi) is 16.5. The number of aliphatic hydroxyl groups excluding tert-OH is 1. The monoisotopic (exact) mass is 748 g/mol. The fraction of sp³-hybridized carbons (Fsp3) is 0.650. The van der Waals surface area contributed by atoms with Gasteiger partial charge in [0.2, 0.25) is 0 Å². The minimum Gasteiger partial charge on any atom is -0.457 e. The second kappa shape index (κ2) is 19.6. The van der Waals surface area contributed by atoms with Crippen LogP contribution in [-0.4, -0.2) is 106 Å². The smallest absolute Gasteiger partial charge is 0.309 e. The van der Waals surface area contributed by atoms with E-state index in [0.29, 0.717) is 30.2 Å². The summed E-state index contributed by atoms with van der Waals surface area (Å²) in [6.07, 6.45) is 6.19.